The standard InChI is InChI=1S/C15H16N2O3/c1-10-6-11(9-16-10)7-15(18)17-12-2-3-13-14(8-12)20-5-4-19-13/h2-3,6,8-9,16H,4-5,7H2,1H3,(H,17,18). The second-order valence-corrected chi connectivity index (χ2v) is 4.77. The van der Waals surface area contributed by atoms with E-state index in [1.165, 1.54) is 0 Å². The maximum absolute atomic E-state index is 12.0. The molecule has 0 atom stereocenters. The highest BCUT2D eigenvalue weighted by atomic mass is 16.6. The number of carbonyl (C=O) groups is 1. The number of ether oxygens (including phenoxy) is 2. The molecular weight excluding hydrogens is 256 g/mol. The fourth-order valence-electron chi connectivity index (χ4n) is 2.18. The normalized spacial score (nSPS) is 13.1. The number of aryl methyl sites for hydroxylation is 1. The Kier molecular flexibility index (Phi) is 3.33. The van der Waals surface area contributed by atoms with E-state index >= 15 is 0 Å². The summed E-state index contributed by atoms with van der Waals surface area (Å²) in [6, 6.07) is 7.37. The van der Waals surface area contributed by atoms with Gasteiger partial charge in [-0.1, -0.05) is 0 Å². The van der Waals surface area contributed by atoms with Crippen molar-refractivity contribution in [1.82, 2.24) is 4.98 Å². The second kappa shape index (κ2) is 5.28. The number of hydrogen-bond donors (Lipinski definition) is 2. The Hall–Kier alpha value is -2.43. The van der Waals surface area contributed by atoms with Gasteiger partial charge in [-0.3, -0.25) is 4.79 Å². The van der Waals surface area contributed by atoms with Gasteiger partial charge in [-0.15, -0.1) is 0 Å². The van der Waals surface area contributed by atoms with E-state index in [0.717, 1.165) is 17.0 Å². The molecule has 2 N–H and O–H groups in total. The summed E-state index contributed by atoms with van der Waals surface area (Å²) in [6.45, 7) is 3.06. The third-order valence-electron chi connectivity index (χ3n) is 3.08. The molecule has 2 aromatic rings. The van der Waals surface area contributed by atoms with E-state index in [1.807, 2.05) is 31.3 Å². The van der Waals surface area contributed by atoms with Crippen LogP contribution in [0.15, 0.2) is 30.5 Å². The number of amides is 1. The van der Waals surface area contributed by atoms with Crippen LogP contribution >= 0.6 is 0 Å². The fraction of sp³-hybridized carbons (Fsp3) is 0.267. The monoisotopic (exact) mass is 272 g/mol. The van der Waals surface area contributed by atoms with Crippen molar-refractivity contribution in [2.75, 3.05) is 18.5 Å². The minimum absolute atomic E-state index is 0.0549. The molecule has 0 spiro atoms. The van der Waals surface area contributed by atoms with Gasteiger partial charge in [-0.2, -0.15) is 0 Å². The lowest BCUT2D eigenvalue weighted by molar-refractivity contribution is -0.115. The number of H-pyrrole nitrogens is 1. The average molecular weight is 272 g/mol. The predicted octanol–water partition coefficient (Wildman–Crippen LogP) is 2.28. The van der Waals surface area contributed by atoms with Crippen LogP contribution in [0.5, 0.6) is 11.5 Å². The van der Waals surface area contributed by atoms with E-state index in [4.69, 9.17) is 9.47 Å². The molecule has 0 saturated carbocycles. The number of fused-ring (bicyclic) bond motifs is 1. The van der Waals surface area contributed by atoms with Crippen LogP contribution in [0.3, 0.4) is 0 Å². The van der Waals surface area contributed by atoms with E-state index in [1.54, 1.807) is 6.07 Å². The number of carbonyl (C=O) groups excluding carboxylic acids is 1. The van der Waals surface area contributed by atoms with Crippen molar-refractivity contribution in [1.29, 1.82) is 0 Å². The summed E-state index contributed by atoms with van der Waals surface area (Å²) in [5, 5.41) is 2.86. The highest BCUT2D eigenvalue weighted by Crippen LogP contribution is 2.32. The molecule has 5 nitrogen and oxygen atoms in total. The van der Waals surface area contributed by atoms with Gasteiger partial charge >= 0.3 is 0 Å². The summed E-state index contributed by atoms with van der Waals surface area (Å²) < 4.78 is 10.9. The molecule has 0 bridgehead atoms. The molecule has 0 saturated heterocycles. The van der Waals surface area contributed by atoms with E-state index < -0.39 is 0 Å². The van der Waals surface area contributed by atoms with Gasteiger partial charge in [0.1, 0.15) is 13.2 Å². The van der Waals surface area contributed by atoms with Gasteiger partial charge < -0.3 is 19.8 Å². The summed E-state index contributed by atoms with van der Waals surface area (Å²) in [5.74, 6) is 1.34. The van der Waals surface area contributed by atoms with Crippen molar-refractivity contribution >= 4 is 11.6 Å². The molecule has 2 heterocycles. The lowest BCUT2D eigenvalue weighted by Gasteiger charge is -2.18. The Morgan fingerprint density at radius 1 is 1.25 bits per heavy atom. The first-order valence-electron chi connectivity index (χ1n) is 6.54. The average Bonchev–Trinajstić information content (AvgIpc) is 2.83. The molecule has 1 aliphatic heterocycles. The quantitative estimate of drug-likeness (QED) is 0.901. The Morgan fingerprint density at radius 2 is 2.05 bits per heavy atom. The van der Waals surface area contributed by atoms with Crippen LogP contribution in [0.1, 0.15) is 11.3 Å². The van der Waals surface area contributed by atoms with Crippen LogP contribution in [0, 0.1) is 6.92 Å². The predicted molar refractivity (Wildman–Crippen MR) is 75.3 cm³/mol. The van der Waals surface area contributed by atoms with E-state index in [-0.39, 0.29) is 5.91 Å². The zero-order valence-electron chi connectivity index (χ0n) is 11.2. The fourth-order valence-corrected chi connectivity index (χ4v) is 2.18. The molecular formula is C15H16N2O3. The molecule has 20 heavy (non-hydrogen) atoms. The smallest absolute Gasteiger partial charge is 0.228 e. The van der Waals surface area contributed by atoms with Crippen LogP contribution in [-0.2, 0) is 11.2 Å². The van der Waals surface area contributed by atoms with Gasteiger partial charge in [0.05, 0.1) is 6.42 Å². The molecule has 1 aromatic heterocycles. The number of nitrogens with one attached hydrogen (secondary N) is 2. The summed E-state index contributed by atoms with van der Waals surface area (Å²) >= 11 is 0. The third-order valence-corrected chi connectivity index (χ3v) is 3.08. The van der Waals surface area contributed by atoms with Crippen LogP contribution in [-0.4, -0.2) is 24.1 Å². The lowest BCUT2D eigenvalue weighted by Crippen LogP contribution is -2.17. The van der Waals surface area contributed by atoms with Gasteiger partial charge in [0.15, 0.2) is 11.5 Å². The first-order chi connectivity index (χ1) is 9.70. The Labute approximate surface area is 116 Å². The zero-order chi connectivity index (χ0) is 13.9. The van der Waals surface area contributed by atoms with E-state index in [2.05, 4.69) is 10.3 Å². The minimum atomic E-state index is -0.0549. The van der Waals surface area contributed by atoms with Crippen LogP contribution in [0.4, 0.5) is 5.69 Å². The van der Waals surface area contributed by atoms with Gasteiger partial charge in [0.25, 0.3) is 0 Å². The highest BCUT2D eigenvalue weighted by molar-refractivity contribution is 5.92. The van der Waals surface area contributed by atoms with Gasteiger partial charge in [-0.05, 0) is 30.7 Å². The first-order valence-corrected chi connectivity index (χ1v) is 6.54. The Bertz CT molecular complexity index is 634. The van der Waals surface area contributed by atoms with E-state index in [9.17, 15) is 4.79 Å². The van der Waals surface area contributed by atoms with Gasteiger partial charge in [-0.25, -0.2) is 0 Å². The molecule has 1 aliphatic rings. The van der Waals surface area contributed by atoms with Crippen LogP contribution < -0.4 is 14.8 Å². The molecule has 1 amide bonds. The highest BCUT2D eigenvalue weighted by Gasteiger charge is 2.13. The molecule has 104 valence electrons. The van der Waals surface area contributed by atoms with Gasteiger partial charge in [0.2, 0.25) is 5.91 Å². The third kappa shape index (κ3) is 2.77. The summed E-state index contributed by atoms with van der Waals surface area (Å²) in [4.78, 5) is 15.0. The molecule has 3 rings (SSSR count). The second-order valence-electron chi connectivity index (χ2n) is 4.77. The molecule has 0 radical (unpaired) electrons. The molecule has 1 aromatic carbocycles. The van der Waals surface area contributed by atoms with Gasteiger partial charge in [0, 0.05) is 23.6 Å². The van der Waals surface area contributed by atoms with Crippen molar-refractivity contribution in [3.8, 4) is 11.5 Å². The Morgan fingerprint density at radius 3 is 2.80 bits per heavy atom. The molecule has 0 aliphatic carbocycles. The topological polar surface area (TPSA) is 63.4 Å². The summed E-state index contributed by atoms with van der Waals surface area (Å²) in [5.41, 5.74) is 2.73. The van der Waals surface area contributed by atoms with Crippen molar-refractivity contribution in [2.24, 2.45) is 0 Å². The van der Waals surface area contributed by atoms with Crippen molar-refractivity contribution < 1.29 is 14.3 Å². The molecule has 5 heteroatoms. The number of rotatable bonds is 3. The maximum atomic E-state index is 12.0. The lowest BCUT2D eigenvalue weighted by atomic mass is 10.2. The van der Waals surface area contributed by atoms with Crippen LogP contribution in [0.25, 0.3) is 0 Å². The maximum Gasteiger partial charge on any atom is 0.228 e. The van der Waals surface area contributed by atoms with Crippen molar-refractivity contribution in [2.45, 2.75) is 13.3 Å². The number of aromatic nitrogens is 1. The number of aromatic amines is 1. The first kappa shape index (κ1) is 12.6. The summed E-state index contributed by atoms with van der Waals surface area (Å²) in [7, 11) is 0. The largest absolute Gasteiger partial charge is 0.486 e. The summed E-state index contributed by atoms with van der Waals surface area (Å²) in [6.07, 6.45) is 2.19. The SMILES string of the molecule is Cc1cc(CC(=O)Nc2ccc3c(c2)OCCO3)c[nH]1. The Balaban J connectivity index is 1.66. The molecule has 0 fully saturated rings. The minimum Gasteiger partial charge on any atom is -0.486 e. The molecule has 0 unspecified atom stereocenters. The number of anilines is 1. The van der Waals surface area contributed by atoms with Crippen LogP contribution in [0.2, 0.25) is 0 Å². The number of hydrogen-bond acceptors (Lipinski definition) is 3. The van der Waals surface area contributed by atoms with E-state index in [0.29, 0.717) is 31.1 Å². The van der Waals surface area contributed by atoms with Crippen molar-refractivity contribution in [3.63, 3.8) is 0 Å². The number of benzene rings is 1. The zero-order valence-corrected chi connectivity index (χ0v) is 11.2. The van der Waals surface area contributed by atoms with Crippen molar-refractivity contribution in [3.05, 3.63) is 41.7 Å².